The third-order valence-electron chi connectivity index (χ3n) is 8.38. The van der Waals surface area contributed by atoms with Gasteiger partial charge in [-0.1, -0.05) is 83.3 Å². The van der Waals surface area contributed by atoms with Gasteiger partial charge in [0.1, 0.15) is 0 Å². The van der Waals surface area contributed by atoms with Crippen molar-refractivity contribution in [1.82, 2.24) is 5.43 Å². The average Bonchev–Trinajstić information content (AvgIpc) is 3.24. The van der Waals surface area contributed by atoms with Crippen molar-refractivity contribution in [3.63, 3.8) is 0 Å². The van der Waals surface area contributed by atoms with E-state index in [9.17, 15) is 14.4 Å². The van der Waals surface area contributed by atoms with Crippen LogP contribution in [0.25, 0.3) is 0 Å². The van der Waals surface area contributed by atoms with E-state index in [2.05, 4.69) is 10.5 Å². The van der Waals surface area contributed by atoms with Crippen molar-refractivity contribution in [1.29, 1.82) is 0 Å². The highest BCUT2D eigenvalue weighted by molar-refractivity contribution is 6.38. The van der Waals surface area contributed by atoms with Gasteiger partial charge in [0.2, 0.25) is 11.8 Å². The number of benzene rings is 4. The van der Waals surface area contributed by atoms with Crippen LogP contribution in [0.1, 0.15) is 38.5 Å². The number of halogens is 3. The molecule has 4 aromatic rings. The molecule has 6 nitrogen and oxygen atoms in total. The zero-order valence-electron chi connectivity index (χ0n) is 21.2. The van der Waals surface area contributed by atoms with E-state index in [4.69, 9.17) is 34.8 Å². The minimum atomic E-state index is -1.12. The predicted octanol–water partition coefficient (Wildman–Crippen LogP) is 6.61. The Kier molecular flexibility index (Phi) is 6.05. The van der Waals surface area contributed by atoms with Gasteiger partial charge in [-0.2, -0.15) is 5.10 Å². The Labute approximate surface area is 250 Å². The molecule has 2 bridgehead atoms. The number of carbonyl (C=O) groups excluding carboxylic acids is 3. The van der Waals surface area contributed by atoms with Gasteiger partial charge in [-0.25, -0.2) is 10.3 Å². The molecule has 0 unspecified atom stereocenters. The van der Waals surface area contributed by atoms with Crippen LogP contribution < -0.4 is 10.3 Å². The van der Waals surface area contributed by atoms with Crippen LogP contribution >= 0.6 is 34.8 Å². The zero-order valence-corrected chi connectivity index (χ0v) is 23.5. The summed E-state index contributed by atoms with van der Waals surface area (Å²) in [4.78, 5) is 42.7. The summed E-state index contributed by atoms with van der Waals surface area (Å²) < 4.78 is 0. The lowest BCUT2D eigenvalue weighted by molar-refractivity contribution is -0.122. The van der Waals surface area contributed by atoms with Crippen LogP contribution in [-0.2, 0) is 15.0 Å². The Morgan fingerprint density at radius 2 is 1.41 bits per heavy atom. The summed E-state index contributed by atoms with van der Waals surface area (Å²) in [6.07, 6.45) is 1.61. The van der Waals surface area contributed by atoms with Gasteiger partial charge in [0.05, 0.1) is 28.0 Å². The van der Waals surface area contributed by atoms with E-state index in [1.165, 1.54) is 11.0 Å². The van der Waals surface area contributed by atoms with Gasteiger partial charge < -0.3 is 0 Å². The molecule has 4 aromatic carbocycles. The van der Waals surface area contributed by atoms with Gasteiger partial charge in [0.25, 0.3) is 5.91 Å². The number of hydrazone groups is 1. The molecule has 1 N–H and O–H groups in total. The number of amides is 3. The van der Waals surface area contributed by atoms with E-state index in [0.717, 1.165) is 22.3 Å². The highest BCUT2D eigenvalue weighted by atomic mass is 35.5. The molecule has 8 rings (SSSR count). The molecule has 0 saturated carbocycles. The van der Waals surface area contributed by atoms with Crippen molar-refractivity contribution >= 4 is 64.4 Å². The normalized spacial score (nSPS) is 23.9. The first kappa shape index (κ1) is 26.0. The third-order valence-corrected chi connectivity index (χ3v) is 9.16. The van der Waals surface area contributed by atoms with Crippen molar-refractivity contribution in [2.45, 2.75) is 11.3 Å². The fraction of sp³-hybridized carbons (Fsp3) is 0.125. The minimum Gasteiger partial charge on any atom is -0.274 e. The molecule has 41 heavy (non-hydrogen) atoms. The zero-order chi connectivity index (χ0) is 28.5. The maximum absolute atomic E-state index is 14.4. The predicted molar refractivity (Wildman–Crippen MR) is 159 cm³/mol. The summed E-state index contributed by atoms with van der Waals surface area (Å²) >= 11 is 18.6. The van der Waals surface area contributed by atoms with Gasteiger partial charge in [0.15, 0.2) is 0 Å². The number of rotatable bonds is 4. The van der Waals surface area contributed by atoms with Gasteiger partial charge in [0, 0.05) is 27.7 Å². The Bertz CT molecular complexity index is 1760. The number of anilines is 1. The molecular weight excluding hydrogens is 581 g/mol. The summed E-state index contributed by atoms with van der Waals surface area (Å²) in [5.41, 5.74) is 5.81. The monoisotopic (exact) mass is 599 g/mol. The van der Waals surface area contributed by atoms with E-state index >= 15 is 0 Å². The molecule has 1 heterocycles. The average molecular weight is 601 g/mol. The molecule has 3 amide bonds. The quantitative estimate of drug-likeness (QED) is 0.163. The molecule has 0 aromatic heterocycles. The SMILES string of the molecule is O=C(N/N=C\C12c3ccccc3C(c3ccccc31)[C@H]1C(=O)N(c3ccc(Cl)cc3Cl)C(=O)[C@@H]12)c1ccc(Cl)cc1. The summed E-state index contributed by atoms with van der Waals surface area (Å²) in [7, 11) is 0. The molecule has 1 aliphatic heterocycles. The molecule has 202 valence electrons. The number of imide groups is 1. The number of carbonyl (C=O) groups is 3. The molecule has 9 heteroatoms. The Balaban J connectivity index is 1.40. The van der Waals surface area contributed by atoms with E-state index < -0.39 is 23.2 Å². The summed E-state index contributed by atoms with van der Waals surface area (Å²) in [6.45, 7) is 0. The molecular formula is C32H20Cl3N3O3. The van der Waals surface area contributed by atoms with Crippen molar-refractivity contribution in [2.24, 2.45) is 16.9 Å². The van der Waals surface area contributed by atoms with Crippen molar-refractivity contribution < 1.29 is 14.4 Å². The number of nitrogens with zero attached hydrogens (tertiary/aromatic N) is 2. The van der Waals surface area contributed by atoms with Crippen LogP contribution in [0.4, 0.5) is 5.69 Å². The van der Waals surface area contributed by atoms with E-state index in [1.807, 2.05) is 48.5 Å². The van der Waals surface area contributed by atoms with E-state index in [1.54, 1.807) is 42.6 Å². The first-order valence-electron chi connectivity index (χ1n) is 12.9. The first-order valence-corrected chi connectivity index (χ1v) is 14.1. The number of hydrogen-bond donors (Lipinski definition) is 1. The molecule has 2 atom stereocenters. The summed E-state index contributed by atoms with van der Waals surface area (Å²) in [5.74, 6) is -2.99. The first-order chi connectivity index (χ1) is 19.8. The second-order valence-corrected chi connectivity index (χ2v) is 11.6. The second kappa shape index (κ2) is 9.55. The fourth-order valence-electron chi connectivity index (χ4n) is 6.81. The van der Waals surface area contributed by atoms with Crippen LogP contribution in [0.15, 0.2) is 96.1 Å². The summed E-state index contributed by atoms with van der Waals surface area (Å²) in [6, 6.07) is 26.8. The van der Waals surface area contributed by atoms with Gasteiger partial charge in [-0.3, -0.25) is 14.4 Å². The minimum absolute atomic E-state index is 0.207. The Morgan fingerprint density at radius 3 is 2.05 bits per heavy atom. The Morgan fingerprint density at radius 1 is 0.805 bits per heavy atom. The maximum Gasteiger partial charge on any atom is 0.271 e. The smallest absolute Gasteiger partial charge is 0.271 e. The van der Waals surface area contributed by atoms with E-state index in [0.29, 0.717) is 15.6 Å². The van der Waals surface area contributed by atoms with Crippen LogP contribution in [0.3, 0.4) is 0 Å². The highest BCUT2D eigenvalue weighted by Crippen LogP contribution is 2.63. The van der Waals surface area contributed by atoms with Gasteiger partial charge in [-0.15, -0.1) is 0 Å². The number of nitrogens with one attached hydrogen (secondary N) is 1. The van der Waals surface area contributed by atoms with Crippen LogP contribution in [0, 0.1) is 11.8 Å². The molecule has 0 spiro atoms. The topological polar surface area (TPSA) is 78.8 Å². The lowest BCUT2D eigenvalue weighted by Crippen LogP contribution is -2.54. The molecule has 4 aliphatic rings. The lowest BCUT2D eigenvalue weighted by atomic mass is 9.47. The molecule has 0 radical (unpaired) electrons. The molecule has 1 fully saturated rings. The van der Waals surface area contributed by atoms with Crippen molar-refractivity contribution in [3.05, 3.63) is 134 Å². The van der Waals surface area contributed by atoms with Crippen molar-refractivity contribution in [3.8, 4) is 0 Å². The molecule has 1 saturated heterocycles. The standard InChI is InChI=1S/C32H20Cl3N3O3/c33-18-11-9-17(10-12-18)29(39)37-36-16-32-22-7-3-1-5-20(22)26(21-6-2-4-8-23(21)32)27-28(32)31(41)38(30(27)40)25-14-13-19(34)15-24(25)35/h1-16,26-28H,(H,37,39)/b36-16-/t26?,27-,28-,32?/m1/s1. The summed E-state index contributed by atoms with van der Waals surface area (Å²) in [5, 5.41) is 5.54. The van der Waals surface area contributed by atoms with Crippen LogP contribution in [0.2, 0.25) is 15.1 Å². The second-order valence-electron chi connectivity index (χ2n) is 10.3. The van der Waals surface area contributed by atoms with Crippen molar-refractivity contribution in [2.75, 3.05) is 4.90 Å². The van der Waals surface area contributed by atoms with E-state index in [-0.39, 0.29) is 28.4 Å². The lowest BCUT2D eigenvalue weighted by Gasteiger charge is -2.52. The van der Waals surface area contributed by atoms with Gasteiger partial charge in [-0.05, 0) is 64.7 Å². The Hall–Kier alpha value is -3.97. The highest BCUT2D eigenvalue weighted by Gasteiger charge is 2.68. The van der Waals surface area contributed by atoms with Crippen LogP contribution in [-0.4, -0.2) is 23.9 Å². The molecule has 3 aliphatic carbocycles. The maximum atomic E-state index is 14.4. The third kappa shape index (κ3) is 3.71. The van der Waals surface area contributed by atoms with Crippen LogP contribution in [0.5, 0.6) is 0 Å². The number of hydrogen-bond acceptors (Lipinski definition) is 4. The largest absolute Gasteiger partial charge is 0.274 e. The fourth-order valence-corrected chi connectivity index (χ4v) is 7.43. The van der Waals surface area contributed by atoms with Gasteiger partial charge >= 0.3 is 0 Å².